The van der Waals surface area contributed by atoms with Gasteiger partial charge in [0.15, 0.2) is 0 Å². The van der Waals surface area contributed by atoms with E-state index in [9.17, 15) is 0 Å². The van der Waals surface area contributed by atoms with Gasteiger partial charge >= 0.3 is 0 Å². The van der Waals surface area contributed by atoms with E-state index in [1.54, 1.807) is 0 Å². The van der Waals surface area contributed by atoms with Crippen LogP contribution in [0.3, 0.4) is 0 Å². The average molecular weight is 114 g/mol. The molecule has 2 heteroatoms. The maximum Gasteiger partial charge on any atom is 0.148 e. The van der Waals surface area contributed by atoms with E-state index >= 15 is 0 Å². The third kappa shape index (κ3) is 6.15. The average Bonchev–Trinajstić information content (AvgIpc) is 1.27. The first kappa shape index (κ1) is 7.15. The summed E-state index contributed by atoms with van der Waals surface area (Å²) >= 11 is 4.87. The molecule has 0 saturated carbocycles. The zero-order valence-corrected chi connectivity index (χ0v) is 6.01. The fourth-order valence-corrected chi connectivity index (χ4v) is 0.908. The van der Waals surface area contributed by atoms with Crippen LogP contribution in [0.4, 0.5) is 0 Å². The van der Waals surface area contributed by atoms with Crippen molar-refractivity contribution in [2.75, 3.05) is 0 Å². The molecule has 0 saturated heterocycles. The first-order chi connectivity index (χ1) is 3.13. The lowest BCUT2D eigenvalue weighted by Gasteiger charge is -1.98. The van der Waals surface area contributed by atoms with Crippen LogP contribution in [0.25, 0.3) is 0 Å². The van der Waals surface area contributed by atoms with E-state index in [0.29, 0.717) is 0 Å². The standard InChI is InChI=1S/C5H11BS/c1-4(2)3-5(6)7/h4H,3,6H2,1-2H3. The molecule has 0 aliphatic heterocycles. The van der Waals surface area contributed by atoms with Crippen molar-refractivity contribution in [3.05, 3.63) is 0 Å². The van der Waals surface area contributed by atoms with Crippen LogP contribution >= 0.6 is 12.2 Å². The molecule has 0 aromatic carbocycles. The van der Waals surface area contributed by atoms with E-state index in [1.165, 1.54) is 0 Å². The van der Waals surface area contributed by atoms with Gasteiger partial charge in [0.25, 0.3) is 0 Å². The molecule has 7 heavy (non-hydrogen) atoms. The topological polar surface area (TPSA) is 0 Å². The van der Waals surface area contributed by atoms with Gasteiger partial charge in [-0.1, -0.05) is 13.8 Å². The summed E-state index contributed by atoms with van der Waals surface area (Å²) in [7, 11) is 2.00. The molecule has 0 aliphatic rings. The molecule has 0 bridgehead atoms. The van der Waals surface area contributed by atoms with Crippen molar-refractivity contribution in [2.45, 2.75) is 20.3 Å². The molecule has 40 valence electrons. The molecule has 0 aromatic heterocycles. The third-order valence-corrected chi connectivity index (χ3v) is 0.862. The largest absolute Gasteiger partial charge is 0.148 e. The molecule has 0 aliphatic carbocycles. The summed E-state index contributed by atoms with van der Waals surface area (Å²) in [5.41, 5.74) is 0. The first-order valence-corrected chi connectivity index (χ1v) is 3.03. The second kappa shape index (κ2) is 3.19. The predicted octanol–water partition coefficient (Wildman–Crippen LogP) is 0.993. The minimum atomic E-state index is 0.734. The van der Waals surface area contributed by atoms with Gasteiger partial charge < -0.3 is 0 Å². The highest BCUT2D eigenvalue weighted by atomic mass is 32.1. The van der Waals surface area contributed by atoms with Crippen molar-refractivity contribution in [2.24, 2.45) is 5.92 Å². The molecule has 0 aromatic rings. The van der Waals surface area contributed by atoms with Crippen LogP contribution < -0.4 is 0 Å². The van der Waals surface area contributed by atoms with Crippen LogP contribution in [0.1, 0.15) is 20.3 Å². The monoisotopic (exact) mass is 114 g/mol. The second-order valence-corrected chi connectivity index (χ2v) is 3.00. The van der Waals surface area contributed by atoms with Crippen LogP contribution in [-0.2, 0) is 0 Å². The SMILES string of the molecule is BC(=S)CC(C)C. The third-order valence-electron chi connectivity index (χ3n) is 0.696. The summed E-state index contributed by atoms with van der Waals surface area (Å²) in [4.78, 5) is 0. The lowest BCUT2D eigenvalue weighted by Crippen LogP contribution is -1.97. The summed E-state index contributed by atoms with van der Waals surface area (Å²) in [6.07, 6.45) is 1.09. The molecule has 0 radical (unpaired) electrons. The molecule has 0 spiro atoms. The molecular weight excluding hydrogens is 103 g/mol. The molecule has 0 fully saturated rings. The molecule has 0 nitrogen and oxygen atoms in total. The quantitative estimate of drug-likeness (QED) is 0.381. The lowest BCUT2D eigenvalue weighted by atomic mass is 9.95. The normalized spacial score (nSPS) is 9.57. The van der Waals surface area contributed by atoms with E-state index in [4.69, 9.17) is 12.2 Å². The maximum atomic E-state index is 4.87. The van der Waals surface area contributed by atoms with Crippen molar-refractivity contribution in [3.63, 3.8) is 0 Å². The molecule has 0 amide bonds. The van der Waals surface area contributed by atoms with Crippen molar-refractivity contribution >= 4 is 24.8 Å². The van der Waals surface area contributed by atoms with E-state index in [1.807, 2.05) is 7.85 Å². The van der Waals surface area contributed by atoms with Gasteiger partial charge in [-0.3, -0.25) is 0 Å². The molecule has 0 rings (SSSR count). The van der Waals surface area contributed by atoms with E-state index in [-0.39, 0.29) is 0 Å². The van der Waals surface area contributed by atoms with Gasteiger partial charge in [0, 0.05) is 0 Å². The Morgan fingerprint density at radius 2 is 2.14 bits per heavy atom. The fraction of sp³-hybridized carbons (Fsp3) is 0.800. The van der Waals surface area contributed by atoms with Crippen LogP contribution in [0.5, 0.6) is 0 Å². The van der Waals surface area contributed by atoms with Gasteiger partial charge in [0.2, 0.25) is 0 Å². The van der Waals surface area contributed by atoms with Gasteiger partial charge in [0.05, 0.1) is 0 Å². The summed E-state index contributed by atoms with van der Waals surface area (Å²) < 4.78 is 1.12. The number of rotatable bonds is 2. The Bertz CT molecular complexity index is 68.5. The van der Waals surface area contributed by atoms with Crippen molar-refractivity contribution < 1.29 is 0 Å². The Labute approximate surface area is 51.7 Å². The molecule has 0 unspecified atom stereocenters. The highest BCUT2D eigenvalue weighted by molar-refractivity contribution is 7.83. The molecular formula is C5H11BS. The maximum absolute atomic E-state index is 4.87. The fourth-order valence-electron chi connectivity index (χ4n) is 0.575. The minimum Gasteiger partial charge on any atom is -0.101 e. The molecule has 0 atom stereocenters. The van der Waals surface area contributed by atoms with Crippen molar-refractivity contribution in [1.82, 2.24) is 0 Å². The van der Waals surface area contributed by atoms with Crippen LogP contribution in [0.15, 0.2) is 0 Å². The van der Waals surface area contributed by atoms with E-state index < -0.39 is 0 Å². The van der Waals surface area contributed by atoms with Gasteiger partial charge in [-0.05, 0) is 17.1 Å². The first-order valence-electron chi connectivity index (χ1n) is 2.62. The summed E-state index contributed by atoms with van der Waals surface area (Å²) in [6, 6.07) is 0. The van der Waals surface area contributed by atoms with Crippen molar-refractivity contribution in [3.8, 4) is 0 Å². The van der Waals surface area contributed by atoms with Crippen molar-refractivity contribution in [1.29, 1.82) is 0 Å². The van der Waals surface area contributed by atoms with E-state index in [2.05, 4.69) is 13.8 Å². The van der Waals surface area contributed by atoms with Gasteiger partial charge in [-0.25, -0.2) is 0 Å². The molecule has 0 N–H and O–H groups in total. The number of hydrogen-bond donors (Lipinski definition) is 0. The van der Waals surface area contributed by atoms with Crippen LogP contribution in [0, 0.1) is 5.92 Å². The summed E-state index contributed by atoms with van der Waals surface area (Å²) in [6.45, 7) is 4.35. The lowest BCUT2D eigenvalue weighted by molar-refractivity contribution is 0.692. The predicted molar refractivity (Wildman–Crippen MR) is 40.6 cm³/mol. The smallest absolute Gasteiger partial charge is 0.101 e. The number of thiocarbonyl (C=S) groups is 1. The number of hydrogen-bond acceptors (Lipinski definition) is 1. The summed E-state index contributed by atoms with van der Waals surface area (Å²) in [5, 5.41) is 0. The minimum absolute atomic E-state index is 0.734. The Balaban J connectivity index is 3.13. The summed E-state index contributed by atoms with van der Waals surface area (Å²) in [5.74, 6) is 0.734. The Morgan fingerprint density at radius 3 is 2.14 bits per heavy atom. The Morgan fingerprint density at radius 1 is 1.71 bits per heavy atom. The van der Waals surface area contributed by atoms with Gasteiger partial charge in [-0.15, -0.1) is 12.2 Å². The van der Waals surface area contributed by atoms with E-state index in [0.717, 1.165) is 17.1 Å². The Kier molecular flexibility index (Phi) is 3.27. The Hall–Kier alpha value is 0.155. The van der Waals surface area contributed by atoms with Crippen LogP contribution in [0.2, 0.25) is 0 Å². The zero-order chi connectivity index (χ0) is 5.86. The second-order valence-electron chi connectivity index (χ2n) is 2.30. The highest BCUT2D eigenvalue weighted by Gasteiger charge is 1.91. The van der Waals surface area contributed by atoms with Crippen LogP contribution in [-0.4, -0.2) is 12.6 Å². The highest BCUT2D eigenvalue weighted by Crippen LogP contribution is 1.98. The molecule has 0 heterocycles. The zero-order valence-electron chi connectivity index (χ0n) is 5.19. The van der Waals surface area contributed by atoms with Gasteiger partial charge in [0.1, 0.15) is 7.85 Å². The van der Waals surface area contributed by atoms with Gasteiger partial charge in [-0.2, -0.15) is 0 Å².